The maximum absolute atomic E-state index is 12.3. The summed E-state index contributed by atoms with van der Waals surface area (Å²) < 4.78 is 16.1. The van der Waals surface area contributed by atoms with E-state index < -0.39 is 0 Å². The minimum Gasteiger partial charge on any atom is -0.501 e. The SMILES string of the molecule is COC(/C=C\C=C(/C)OC)=C\C(=O)Nc1cccc(-c2nc3ccccc3o2)c1. The van der Waals surface area contributed by atoms with E-state index >= 15 is 0 Å². The smallest absolute Gasteiger partial charge is 0.252 e. The van der Waals surface area contributed by atoms with Crippen LogP contribution in [0.4, 0.5) is 5.69 Å². The summed E-state index contributed by atoms with van der Waals surface area (Å²) in [5, 5.41) is 2.82. The summed E-state index contributed by atoms with van der Waals surface area (Å²) in [6, 6.07) is 14.9. The molecule has 0 radical (unpaired) electrons. The first-order chi connectivity index (χ1) is 14.1. The van der Waals surface area contributed by atoms with Gasteiger partial charge < -0.3 is 19.2 Å². The van der Waals surface area contributed by atoms with Gasteiger partial charge in [-0.05, 0) is 49.4 Å². The number of methoxy groups -OCH3 is 2. The van der Waals surface area contributed by atoms with Crippen molar-refractivity contribution in [1.29, 1.82) is 0 Å². The lowest BCUT2D eigenvalue weighted by atomic mass is 10.2. The molecule has 0 aliphatic carbocycles. The maximum atomic E-state index is 12.3. The fraction of sp³-hybridized carbons (Fsp3) is 0.130. The van der Waals surface area contributed by atoms with E-state index in [4.69, 9.17) is 13.9 Å². The molecule has 0 bridgehead atoms. The lowest BCUT2D eigenvalue weighted by Crippen LogP contribution is -2.09. The topological polar surface area (TPSA) is 73.6 Å². The number of para-hydroxylation sites is 2. The first-order valence-electron chi connectivity index (χ1n) is 9.00. The third kappa shape index (κ3) is 5.35. The van der Waals surface area contributed by atoms with Crippen LogP contribution in [0.25, 0.3) is 22.6 Å². The van der Waals surface area contributed by atoms with Gasteiger partial charge in [0.2, 0.25) is 5.89 Å². The fourth-order valence-electron chi connectivity index (χ4n) is 2.55. The summed E-state index contributed by atoms with van der Waals surface area (Å²) in [5.41, 5.74) is 2.90. The van der Waals surface area contributed by atoms with Crippen molar-refractivity contribution in [1.82, 2.24) is 4.98 Å². The van der Waals surface area contributed by atoms with Crippen molar-refractivity contribution in [3.05, 3.63) is 84.4 Å². The normalized spacial score (nSPS) is 12.4. The highest BCUT2D eigenvalue weighted by atomic mass is 16.5. The molecule has 1 N–H and O–H groups in total. The molecule has 0 spiro atoms. The molecule has 6 heteroatoms. The van der Waals surface area contributed by atoms with Gasteiger partial charge in [-0.25, -0.2) is 4.98 Å². The molecule has 0 aliphatic rings. The molecule has 0 aliphatic heterocycles. The molecular formula is C23H22N2O4. The van der Waals surface area contributed by atoms with Crippen molar-refractivity contribution in [2.24, 2.45) is 0 Å². The molecular weight excluding hydrogens is 368 g/mol. The van der Waals surface area contributed by atoms with Crippen LogP contribution in [0.5, 0.6) is 0 Å². The van der Waals surface area contributed by atoms with Crippen molar-refractivity contribution in [3.8, 4) is 11.5 Å². The van der Waals surface area contributed by atoms with Gasteiger partial charge in [-0.2, -0.15) is 0 Å². The molecule has 1 heterocycles. The highest BCUT2D eigenvalue weighted by Crippen LogP contribution is 2.26. The number of oxazole rings is 1. The predicted molar refractivity (Wildman–Crippen MR) is 113 cm³/mol. The minimum absolute atomic E-state index is 0.311. The Bertz CT molecular complexity index is 1060. The molecule has 6 nitrogen and oxygen atoms in total. The Morgan fingerprint density at radius 3 is 2.69 bits per heavy atom. The highest BCUT2D eigenvalue weighted by Gasteiger charge is 2.09. The molecule has 0 saturated heterocycles. The van der Waals surface area contributed by atoms with Crippen molar-refractivity contribution in [3.63, 3.8) is 0 Å². The Morgan fingerprint density at radius 1 is 1.10 bits per heavy atom. The second kappa shape index (κ2) is 9.41. The van der Waals surface area contributed by atoms with Gasteiger partial charge in [-0.3, -0.25) is 4.79 Å². The molecule has 1 amide bonds. The average Bonchev–Trinajstić information content (AvgIpc) is 3.17. The minimum atomic E-state index is -0.311. The number of amides is 1. The number of fused-ring (bicyclic) bond motifs is 1. The number of aromatic nitrogens is 1. The standard InChI is InChI=1S/C23H22N2O4/c1-16(27-2)8-6-11-19(28-3)15-22(26)24-18-10-7-9-17(14-18)23-25-20-12-4-5-13-21(20)29-23/h4-15H,1-3H3,(H,24,26)/b11-6-,16-8+,19-15-. The highest BCUT2D eigenvalue weighted by molar-refractivity contribution is 6.00. The van der Waals surface area contributed by atoms with Gasteiger partial charge in [0.15, 0.2) is 5.58 Å². The number of nitrogens with zero attached hydrogens (tertiary/aromatic N) is 1. The number of ether oxygens (including phenoxy) is 2. The number of allylic oxidation sites excluding steroid dienone is 4. The van der Waals surface area contributed by atoms with E-state index in [-0.39, 0.29) is 5.91 Å². The lowest BCUT2D eigenvalue weighted by molar-refractivity contribution is -0.112. The Kier molecular flexibility index (Phi) is 6.47. The predicted octanol–water partition coefficient (Wildman–Crippen LogP) is 5.07. The van der Waals surface area contributed by atoms with Crippen molar-refractivity contribution < 1.29 is 18.7 Å². The van der Waals surface area contributed by atoms with Crippen molar-refractivity contribution in [2.75, 3.05) is 19.5 Å². The number of carbonyl (C=O) groups is 1. The van der Waals surface area contributed by atoms with E-state index in [0.717, 1.165) is 16.8 Å². The summed E-state index contributed by atoms with van der Waals surface area (Å²) >= 11 is 0. The number of hydrogen-bond donors (Lipinski definition) is 1. The van der Waals surface area contributed by atoms with Crippen LogP contribution >= 0.6 is 0 Å². The van der Waals surface area contributed by atoms with Crippen LogP contribution in [-0.4, -0.2) is 25.1 Å². The quantitative estimate of drug-likeness (QED) is 0.346. The molecule has 3 rings (SSSR count). The van der Waals surface area contributed by atoms with Gasteiger partial charge in [0.25, 0.3) is 5.91 Å². The van der Waals surface area contributed by atoms with Gasteiger partial charge in [0.05, 0.1) is 20.0 Å². The van der Waals surface area contributed by atoms with Gasteiger partial charge in [-0.1, -0.05) is 24.3 Å². The zero-order chi connectivity index (χ0) is 20.6. The van der Waals surface area contributed by atoms with Crippen molar-refractivity contribution >= 4 is 22.7 Å². The van der Waals surface area contributed by atoms with Crippen LogP contribution in [0, 0.1) is 0 Å². The fourth-order valence-corrected chi connectivity index (χ4v) is 2.55. The van der Waals surface area contributed by atoms with Gasteiger partial charge in [0.1, 0.15) is 11.3 Å². The van der Waals surface area contributed by atoms with E-state index in [2.05, 4.69) is 10.3 Å². The molecule has 3 aromatic rings. The number of rotatable bonds is 7. The van der Waals surface area contributed by atoms with E-state index in [1.54, 1.807) is 31.4 Å². The van der Waals surface area contributed by atoms with Crippen LogP contribution in [0.2, 0.25) is 0 Å². The summed E-state index contributed by atoms with van der Waals surface area (Å²) in [6.07, 6.45) is 6.57. The second-order valence-electron chi connectivity index (χ2n) is 6.15. The number of hydrogen-bond acceptors (Lipinski definition) is 5. The number of nitrogens with one attached hydrogen (secondary N) is 1. The van der Waals surface area contributed by atoms with Crippen LogP contribution in [-0.2, 0) is 14.3 Å². The molecule has 0 fully saturated rings. The molecule has 148 valence electrons. The van der Waals surface area contributed by atoms with Crippen LogP contribution in [0.1, 0.15) is 6.92 Å². The van der Waals surface area contributed by atoms with Crippen molar-refractivity contribution in [2.45, 2.75) is 6.92 Å². The summed E-state index contributed by atoms with van der Waals surface area (Å²) in [5.74, 6) is 1.35. The summed E-state index contributed by atoms with van der Waals surface area (Å²) in [6.45, 7) is 1.83. The Morgan fingerprint density at radius 2 is 1.93 bits per heavy atom. The first-order valence-corrected chi connectivity index (χ1v) is 9.00. The number of anilines is 1. The van der Waals surface area contributed by atoms with E-state index in [1.807, 2.05) is 49.4 Å². The van der Waals surface area contributed by atoms with Crippen LogP contribution < -0.4 is 5.32 Å². The molecule has 1 aromatic heterocycles. The molecule has 0 saturated carbocycles. The second-order valence-corrected chi connectivity index (χ2v) is 6.15. The zero-order valence-corrected chi connectivity index (χ0v) is 16.5. The van der Waals surface area contributed by atoms with E-state index in [9.17, 15) is 4.79 Å². The molecule has 0 unspecified atom stereocenters. The lowest BCUT2D eigenvalue weighted by Gasteiger charge is -2.05. The number of benzene rings is 2. The first kappa shape index (κ1) is 19.9. The summed E-state index contributed by atoms with van der Waals surface area (Å²) in [7, 11) is 3.10. The third-order valence-corrected chi connectivity index (χ3v) is 4.09. The molecule has 2 aromatic carbocycles. The molecule has 29 heavy (non-hydrogen) atoms. The maximum Gasteiger partial charge on any atom is 0.252 e. The summed E-state index contributed by atoms with van der Waals surface area (Å²) in [4.78, 5) is 16.8. The Balaban J connectivity index is 1.74. The number of carbonyl (C=O) groups excluding carboxylic acids is 1. The Labute approximate surface area is 169 Å². The van der Waals surface area contributed by atoms with Crippen LogP contribution in [0.15, 0.2) is 88.8 Å². The van der Waals surface area contributed by atoms with E-state index in [0.29, 0.717) is 22.9 Å². The monoisotopic (exact) mass is 390 g/mol. The largest absolute Gasteiger partial charge is 0.501 e. The van der Waals surface area contributed by atoms with Gasteiger partial charge in [-0.15, -0.1) is 0 Å². The van der Waals surface area contributed by atoms with E-state index in [1.165, 1.54) is 13.2 Å². The molecule has 0 atom stereocenters. The van der Waals surface area contributed by atoms with Crippen LogP contribution in [0.3, 0.4) is 0 Å². The zero-order valence-electron chi connectivity index (χ0n) is 16.5. The Hall–Kier alpha value is -3.80. The average molecular weight is 390 g/mol. The van der Waals surface area contributed by atoms with Gasteiger partial charge >= 0.3 is 0 Å². The van der Waals surface area contributed by atoms with Gasteiger partial charge in [0, 0.05) is 17.3 Å². The third-order valence-electron chi connectivity index (χ3n) is 4.09.